The SMILES string of the molecule is O=C(O)c1cc(NC(=O)[C@@H]2CCCNC2)ccc1Br. The first-order valence-electron chi connectivity index (χ1n) is 6.12. The number of rotatable bonds is 3. The molecule has 0 unspecified atom stereocenters. The van der Waals surface area contributed by atoms with E-state index in [0.29, 0.717) is 16.7 Å². The van der Waals surface area contributed by atoms with Gasteiger partial charge in [0.1, 0.15) is 0 Å². The van der Waals surface area contributed by atoms with Crippen molar-refractivity contribution < 1.29 is 14.7 Å². The van der Waals surface area contributed by atoms with Crippen LogP contribution in [0.25, 0.3) is 0 Å². The van der Waals surface area contributed by atoms with Gasteiger partial charge in [-0.25, -0.2) is 4.79 Å². The molecule has 0 radical (unpaired) electrons. The van der Waals surface area contributed by atoms with Crippen LogP contribution in [0.1, 0.15) is 23.2 Å². The quantitative estimate of drug-likeness (QED) is 0.794. The Morgan fingerprint density at radius 1 is 1.42 bits per heavy atom. The maximum absolute atomic E-state index is 12.0. The smallest absolute Gasteiger partial charge is 0.336 e. The molecule has 1 aliphatic heterocycles. The van der Waals surface area contributed by atoms with Crippen LogP contribution >= 0.6 is 15.9 Å². The minimum atomic E-state index is -1.03. The number of carbonyl (C=O) groups is 2. The van der Waals surface area contributed by atoms with Gasteiger partial charge >= 0.3 is 5.97 Å². The minimum absolute atomic E-state index is 0.0503. The molecule has 3 N–H and O–H groups in total. The first kappa shape index (κ1) is 14.0. The van der Waals surface area contributed by atoms with Gasteiger partial charge in [0.25, 0.3) is 0 Å². The van der Waals surface area contributed by atoms with Crippen LogP contribution in [0, 0.1) is 5.92 Å². The second-order valence-corrected chi connectivity index (χ2v) is 5.39. The zero-order chi connectivity index (χ0) is 13.8. The summed E-state index contributed by atoms with van der Waals surface area (Å²) in [7, 11) is 0. The maximum Gasteiger partial charge on any atom is 0.336 e. The number of hydrogen-bond donors (Lipinski definition) is 3. The Bertz CT molecular complexity index is 499. The summed E-state index contributed by atoms with van der Waals surface area (Å²) in [5.74, 6) is -1.14. The van der Waals surface area contributed by atoms with Gasteiger partial charge in [-0.1, -0.05) is 0 Å². The Kier molecular flexibility index (Phi) is 4.55. The van der Waals surface area contributed by atoms with Gasteiger partial charge in [-0.3, -0.25) is 4.79 Å². The van der Waals surface area contributed by atoms with E-state index in [2.05, 4.69) is 26.6 Å². The third-order valence-electron chi connectivity index (χ3n) is 3.13. The van der Waals surface area contributed by atoms with Crippen LogP contribution in [0.2, 0.25) is 0 Å². The fourth-order valence-corrected chi connectivity index (χ4v) is 2.50. The molecular weight excluding hydrogens is 312 g/mol. The number of nitrogens with one attached hydrogen (secondary N) is 2. The van der Waals surface area contributed by atoms with Crippen molar-refractivity contribution in [2.24, 2.45) is 5.92 Å². The van der Waals surface area contributed by atoms with Gasteiger partial charge in [-0.2, -0.15) is 0 Å². The molecular formula is C13H15BrN2O3. The van der Waals surface area contributed by atoms with Crippen molar-refractivity contribution in [2.45, 2.75) is 12.8 Å². The van der Waals surface area contributed by atoms with E-state index in [0.717, 1.165) is 19.4 Å². The summed E-state index contributed by atoms with van der Waals surface area (Å²) in [6.45, 7) is 1.62. The summed E-state index contributed by atoms with van der Waals surface area (Å²) in [6, 6.07) is 4.77. The van der Waals surface area contributed by atoms with Gasteiger partial charge in [-0.15, -0.1) is 0 Å². The van der Waals surface area contributed by atoms with E-state index in [1.54, 1.807) is 12.1 Å². The molecule has 1 fully saturated rings. The van der Waals surface area contributed by atoms with Crippen LogP contribution in [0.4, 0.5) is 5.69 Å². The van der Waals surface area contributed by atoms with E-state index in [9.17, 15) is 9.59 Å². The highest BCUT2D eigenvalue weighted by Crippen LogP contribution is 2.22. The number of hydrogen-bond acceptors (Lipinski definition) is 3. The Morgan fingerprint density at radius 3 is 2.84 bits per heavy atom. The molecule has 1 aromatic rings. The van der Waals surface area contributed by atoms with Crippen molar-refractivity contribution in [1.29, 1.82) is 0 Å². The number of carboxylic acid groups (broad SMARTS) is 1. The van der Waals surface area contributed by atoms with E-state index in [-0.39, 0.29) is 17.4 Å². The van der Waals surface area contributed by atoms with Gasteiger partial charge in [0.15, 0.2) is 0 Å². The lowest BCUT2D eigenvalue weighted by molar-refractivity contribution is -0.120. The van der Waals surface area contributed by atoms with Crippen molar-refractivity contribution in [3.8, 4) is 0 Å². The predicted octanol–water partition coefficient (Wildman–Crippen LogP) is 2.09. The number of amides is 1. The van der Waals surface area contributed by atoms with Crippen molar-refractivity contribution in [3.05, 3.63) is 28.2 Å². The zero-order valence-electron chi connectivity index (χ0n) is 10.3. The molecule has 0 saturated carbocycles. The highest BCUT2D eigenvalue weighted by atomic mass is 79.9. The summed E-state index contributed by atoms with van der Waals surface area (Å²) in [5.41, 5.74) is 0.649. The second kappa shape index (κ2) is 6.16. The molecule has 5 nitrogen and oxygen atoms in total. The average molecular weight is 327 g/mol. The van der Waals surface area contributed by atoms with E-state index in [1.165, 1.54) is 6.07 Å². The Labute approximate surface area is 119 Å². The van der Waals surface area contributed by atoms with Crippen molar-refractivity contribution in [3.63, 3.8) is 0 Å². The van der Waals surface area contributed by atoms with Crippen LogP contribution in [0.15, 0.2) is 22.7 Å². The van der Waals surface area contributed by atoms with Crippen molar-refractivity contribution in [1.82, 2.24) is 5.32 Å². The highest BCUT2D eigenvalue weighted by Gasteiger charge is 2.21. The summed E-state index contributed by atoms with van der Waals surface area (Å²) in [6.07, 6.45) is 1.85. The van der Waals surface area contributed by atoms with E-state index in [1.807, 2.05) is 0 Å². The van der Waals surface area contributed by atoms with Crippen molar-refractivity contribution >= 4 is 33.5 Å². The van der Waals surface area contributed by atoms with Crippen LogP contribution in [-0.2, 0) is 4.79 Å². The minimum Gasteiger partial charge on any atom is -0.478 e. The number of halogens is 1. The van der Waals surface area contributed by atoms with Gasteiger partial charge < -0.3 is 15.7 Å². The molecule has 1 aromatic carbocycles. The van der Waals surface area contributed by atoms with E-state index < -0.39 is 5.97 Å². The molecule has 0 aliphatic carbocycles. The Morgan fingerprint density at radius 2 is 2.21 bits per heavy atom. The molecule has 2 rings (SSSR count). The van der Waals surface area contributed by atoms with Gasteiger partial charge in [0, 0.05) is 16.7 Å². The fourth-order valence-electron chi connectivity index (χ4n) is 2.09. The van der Waals surface area contributed by atoms with Crippen LogP contribution < -0.4 is 10.6 Å². The number of piperidine rings is 1. The standard InChI is InChI=1S/C13H15BrN2O3/c14-11-4-3-9(6-10(11)13(18)19)16-12(17)8-2-1-5-15-7-8/h3-4,6,8,15H,1-2,5,7H2,(H,16,17)(H,18,19)/t8-/m1/s1. The molecule has 0 spiro atoms. The third kappa shape index (κ3) is 3.54. The summed E-state index contributed by atoms with van der Waals surface area (Å²) in [4.78, 5) is 23.0. The lowest BCUT2D eigenvalue weighted by Crippen LogP contribution is -2.37. The zero-order valence-corrected chi connectivity index (χ0v) is 11.9. The number of benzene rings is 1. The third-order valence-corrected chi connectivity index (χ3v) is 3.82. The van der Waals surface area contributed by atoms with Crippen molar-refractivity contribution in [2.75, 3.05) is 18.4 Å². The fraction of sp³-hybridized carbons (Fsp3) is 0.385. The average Bonchev–Trinajstić information content (AvgIpc) is 2.41. The van der Waals surface area contributed by atoms with Gasteiger partial charge in [0.2, 0.25) is 5.91 Å². The lowest BCUT2D eigenvalue weighted by atomic mass is 9.99. The maximum atomic E-state index is 12.0. The molecule has 1 amide bonds. The topological polar surface area (TPSA) is 78.4 Å². The molecule has 1 heterocycles. The molecule has 0 aromatic heterocycles. The number of carboxylic acids is 1. The second-order valence-electron chi connectivity index (χ2n) is 4.53. The largest absolute Gasteiger partial charge is 0.478 e. The van der Waals surface area contributed by atoms with Gasteiger partial charge in [-0.05, 0) is 53.5 Å². The lowest BCUT2D eigenvalue weighted by Gasteiger charge is -2.22. The molecule has 1 aliphatic rings. The molecule has 6 heteroatoms. The number of carbonyl (C=O) groups excluding carboxylic acids is 1. The molecule has 1 atom stereocenters. The molecule has 1 saturated heterocycles. The van der Waals surface area contributed by atoms with Crippen LogP contribution in [0.5, 0.6) is 0 Å². The normalized spacial score (nSPS) is 18.9. The number of anilines is 1. The monoisotopic (exact) mass is 326 g/mol. The van der Waals surface area contributed by atoms with E-state index >= 15 is 0 Å². The van der Waals surface area contributed by atoms with E-state index in [4.69, 9.17) is 5.11 Å². The predicted molar refractivity (Wildman–Crippen MR) is 75.3 cm³/mol. The first-order chi connectivity index (χ1) is 9.08. The molecule has 19 heavy (non-hydrogen) atoms. The first-order valence-corrected chi connectivity index (χ1v) is 6.91. The summed E-state index contributed by atoms with van der Waals surface area (Å²) >= 11 is 3.17. The molecule has 102 valence electrons. The number of aromatic carboxylic acids is 1. The highest BCUT2D eigenvalue weighted by molar-refractivity contribution is 9.10. The summed E-state index contributed by atoms with van der Waals surface area (Å²) in [5, 5.41) is 15.0. The Balaban J connectivity index is 2.08. The molecule has 0 bridgehead atoms. The Hall–Kier alpha value is -1.40. The van der Waals surface area contributed by atoms with Crippen LogP contribution in [-0.4, -0.2) is 30.1 Å². The summed E-state index contributed by atoms with van der Waals surface area (Å²) < 4.78 is 0.498. The van der Waals surface area contributed by atoms with Gasteiger partial charge in [0.05, 0.1) is 11.5 Å². The van der Waals surface area contributed by atoms with Crippen LogP contribution in [0.3, 0.4) is 0 Å².